The van der Waals surface area contributed by atoms with E-state index in [4.69, 9.17) is 15.2 Å². The number of hydrogen-bond donors (Lipinski definition) is 1. The van der Waals surface area contributed by atoms with Crippen molar-refractivity contribution >= 4 is 28.2 Å². The van der Waals surface area contributed by atoms with E-state index in [-0.39, 0.29) is 5.95 Å². The molecule has 0 spiro atoms. The first kappa shape index (κ1) is 16.3. The van der Waals surface area contributed by atoms with Gasteiger partial charge in [0.05, 0.1) is 24.1 Å². The van der Waals surface area contributed by atoms with E-state index in [1.54, 1.807) is 11.3 Å². The summed E-state index contributed by atoms with van der Waals surface area (Å²) in [4.78, 5) is 12.2. The maximum absolute atomic E-state index is 5.97. The van der Waals surface area contributed by atoms with Gasteiger partial charge in [0, 0.05) is 24.5 Å². The fourth-order valence-corrected chi connectivity index (χ4v) is 3.64. The molecule has 0 aliphatic carbocycles. The van der Waals surface area contributed by atoms with Crippen molar-refractivity contribution < 1.29 is 9.47 Å². The Balaban J connectivity index is 1.56. The third-order valence-electron chi connectivity index (χ3n) is 4.23. The number of aromatic nitrogens is 2. The number of hydrogen-bond acceptors (Lipinski definition) is 7. The summed E-state index contributed by atoms with van der Waals surface area (Å²) in [5.41, 5.74) is 7.78. The molecule has 1 saturated heterocycles. The zero-order valence-corrected chi connectivity index (χ0v) is 14.7. The van der Waals surface area contributed by atoms with E-state index in [1.807, 2.05) is 12.1 Å². The van der Waals surface area contributed by atoms with Gasteiger partial charge < -0.3 is 15.2 Å². The fraction of sp³-hybridized carbons (Fsp3) is 0.333. The number of thiophene rings is 1. The van der Waals surface area contributed by atoms with Crippen LogP contribution in [0.4, 0.5) is 5.95 Å². The summed E-state index contributed by atoms with van der Waals surface area (Å²) in [5, 5.41) is 2.96. The van der Waals surface area contributed by atoms with E-state index < -0.39 is 0 Å². The van der Waals surface area contributed by atoms with Crippen LogP contribution in [0, 0.1) is 0 Å². The summed E-state index contributed by atoms with van der Waals surface area (Å²) in [6.07, 6.45) is 0. The molecule has 6 nitrogen and oxygen atoms in total. The highest BCUT2D eigenvalue weighted by atomic mass is 32.1. The van der Waals surface area contributed by atoms with Gasteiger partial charge >= 0.3 is 0 Å². The average molecular weight is 356 g/mol. The highest BCUT2D eigenvalue weighted by Gasteiger charge is 2.13. The van der Waals surface area contributed by atoms with Gasteiger partial charge in [0.15, 0.2) is 0 Å². The molecular weight excluding hydrogens is 336 g/mol. The van der Waals surface area contributed by atoms with Crippen molar-refractivity contribution in [2.45, 2.75) is 0 Å². The average Bonchev–Trinajstić information content (AvgIpc) is 3.17. The summed E-state index contributed by atoms with van der Waals surface area (Å²) in [6.45, 7) is 4.87. The first-order valence-electron chi connectivity index (χ1n) is 8.34. The van der Waals surface area contributed by atoms with Crippen LogP contribution in [0.5, 0.6) is 5.88 Å². The molecular formula is C18H20N4O2S. The second-order valence-electron chi connectivity index (χ2n) is 5.90. The normalized spacial score (nSPS) is 15.5. The molecule has 0 atom stereocenters. The lowest BCUT2D eigenvalue weighted by Crippen LogP contribution is -2.38. The topological polar surface area (TPSA) is 73.5 Å². The molecule has 130 valence electrons. The number of rotatable bonds is 5. The first-order valence-corrected chi connectivity index (χ1v) is 9.21. The Morgan fingerprint density at radius 2 is 2.08 bits per heavy atom. The lowest BCUT2D eigenvalue weighted by atomic mass is 10.1. The molecule has 2 N–H and O–H groups in total. The van der Waals surface area contributed by atoms with Crippen molar-refractivity contribution in [3.63, 3.8) is 0 Å². The number of nitrogens with two attached hydrogens (primary N) is 1. The van der Waals surface area contributed by atoms with Crippen molar-refractivity contribution in [2.24, 2.45) is 0 Å². The number of ether oxygens (including phenoxy) is 2. The van der Waals surface area contributed by atoms with E-state index in [0.29, 0.717) is 12.5 Å². The van der Waals surface area contributed by atoms with Crippen LogP contribution in [0.15, 0.2) is 35.7 Å². The molecule has 0 bridgehead atoms. The van der Waals surface area contributed by atoms with E-state index in [1.165, 1.54) is 4.88 Å². The van der Waals surface area contributed by atoms with E-state index in [9.17, 15) is 0 Å². The molecule has 0 radical (unpaired) electrons. The quantitative estimate of drug-likeness (QED) is 0.758. The molecule has 1 fully saturated rings. The third kappa shape index (κ3) is 3.73. The number of anilines is 1. The van der Waals surface area contributed by atoms with Gasteiger partial charge in [0.25, 0.3) is 0 Å². The van der Waals surface area contributed by atoms with E-state index in [2.05, 4.69) is 38.4 Å². The Labute approximate surface area is 150 Å². The Bertz CT molecular complexity index is 848. The summed E-state index contributed by atoms with van der Waals surface area (Å²) in [7, 11) is 0. The third-order valence-corrected chi connectivity index (χ3v) is 5.15. The predicted octanol–water partition coefficient (Wildman–Crippen LogP) is 2.65. The second kappa shape index (κ2) is 7.35. The van der Waals surface area contributed by atoms with Crippen molar-refractivity contribution in [3.8, 4) is 16.3 Å². The zero-order valence-electron chi connectivity index (χ0n) is 13.9. The molecule has 0 saturated carbocycles. The lowest BCUT2D eigenvalue weighted by molar-refractivity contribution is 0.0321. The molecule has 25 heavy (non-hydrogen) atoms. The van der Waals surface area contributed by atoms with E-state index >= 15 is 0 Å². The fourth-order valence-electron chi connectivity index (χ4n) is 2.92. The highest BCUT2D eigenvalue weighted by molar-refractivity contribution is 7.13. The van der Waals surface area contributed by atoms with Crippen LogP contribution in [0.25, 0.3) is 21.3 Å². The SMILES string of the molecule is Nc1nc(OCCN2CCOCC2)c2cc(-c3cccs3)ccc2n1. The summed E-state index contributed by atoms with van der Waals surface area (Å²) >= 11 is 1.71. The van der Waals surface area contributed by atoms with Gasteiger partial charge in [-0.2, -0.15) is 4.98 Å². The number of benzene rings is 1. The minimum Gasteiger partial charge on any atom is -0.476 e. The number of nitrogen functional groups attached to an aromatic ring is 1. The Morgan fingerprint density at radius 3 is 2.88 bits per heavy atom. The van der Waals surface area contributed by atoms with Crippen LogP contribution in [0.1, 0.15) is 0 Å². The number of fused-ring (bicyclic) bond motifs is 1. The van der Waals surface area contributed by atoms with Crippen molar-refractivity contribution in [1.29, 1.82) is 0 Å². The summed E-state index contributed by atoms with van der Waals surface area (Å²) in [5.74, 6) is 0.784. The van der Waals surface area contributed by atoms with Crippen LogP contribution < -0.4 is 10.5 Å². The molecule has 1 aliphatic rings. The maximum Gasteiger partial charge on any atom is 0.226 e. The van der Waals surface area contributed by atoms with Gasteiger partial charge in [-0.05, 0) is 29.1 Å². The Morgan fingerprint density at radius 1 is 1.20 bits per heavy atom. The van der Waals surface area contributed by atoms with Crippen LogP contribution in [-0.4, -0.2) is 54.3 Å². The molecule has 0 unspecified atom stereocenters. The monoisotopic (exact) mass is 356 g/mol. The second-order valence-corrected chi connectivity index (χ2v) is 6.85. The molecule has 4 rings (SSSR count). The molecule has 7 heteroatoms. The van der Waals surface area contributed by atoms with Gasteiger partial charge in [-0.25, -0.2) is 4.98 Å². The lowest BCUT2D eigenvalue weighted by Gasteiger charge is -2.26. The van der Waals surface area contributed by atoms with Crippen LogP contribution >= 0.6 is 11.3 Å². The number of morpholine rings is 1. The zero-order chi connectivity index (χ0) is 17.1. The minimum atomic E-state index is 0.234. The van der Waals surface area contributed by atoms with Crippen molar-refractivity contribution in [2.75, 3.05) is 45.2 Å². The minimum absolute atomic E-state index is 0.234. The molecule has 0 amide bonds. The standard InChI is InChI=1S/C18H20N4O2S/c19-18-20-15-4-3-13(16-2-1-11-25-16)12-14(15)17(21-18)24-10-7-22-5-8-23-9-6-22/h1-4,11-12H,5-10H2,(H2,19,20,21). The van der Waals surface area contributed by atoms with Gasteiger partial charge in [0.2, 0.25) is 11.8 Å². The van der Waals surface area contributed by atoms with E-state index in [0.717, 1.165) is 49.3 Å². The molecule has 1 aliphatic heterocycles. The van der Waals surface area contributed by atoms with Crippen molar-refractivity contribution in [3.05, 3.63) is 35.7 Å². The largest absolute Gasteiger partial charge is 0.476 e. The van der Waals surface area contributed by atoms with Gasteiger partial charge in [-0.1, -0.05) is 12.1 Å². The van der Waals surface area contributed by atoms with Crippen LogP contribution in [0.2, 0.25) is 0 Å². The number of nitrogens with zero attached hydrogens (tertiary/aromatic N) is 3. The van der Waals surface area contributed by atoms with Crippen LogP contribution in [-0.2, 0) is 4.74 Å². The Kier molecular flexibility index (Phi) is 4.78. The van der Waals surface area contributed by atoms with Crippen molar-refractivity contribution in [1.82, 2.24) is 14.9 Å². The van der Waals surface area contributed by atoms with Gasteiger partial charge in [-0.15, -0.1) is 11.3 Å². The molecule has 3 aromatic rings. The summed E-state index contributed by atoms with van der Waals surface area (Å²) in [6, 6.07) is 10.2. The molecule has 1 aromatic carbocycles. The molecule has 3 heterocycles. The smallest absolute Gasteiger partial charge is 0.226 e. The van der Waals surface area contributed by atoms with Crippen LogP contribution in [0.3, 0.4) is 0 Å². The summed E-state index contributed by atoms with van der Waals surface area (Å²) < 4.78 is 11.3. The first-order chi connectivity index (χ1) is 12.3. The molecule has 2 aromatic heterocycles. The van der Waals surface area contributed by atoms with Gasteiger partial charge in [-0.3, -0.25) is 4.90 Å². The van der Waals surface area contributed by atoms with Gasteiger partial charge in [0.1, 0.15) is 6.61 Å². The highest BCUT2D eigenvalue weighted by Crippen LogP contribution is 2.31. The Hall–Kier alpha value is -2.22. The maximum atomic E-state index is 5.97. The predicted molar refractivity (Wildman–Crippen MR) is 100 cm³/mol.